The van der Waals surface area contributed by atoms with Crippen molar-refractivity contribution in [3.8, 4) is 0 Å². The fraction of sp³-hybridized carbons (Fsp3) is 0.458. The van der Waals surface area contributed by atoms with Crippen LogP contribution in [0.15, 0.2) is 36.4 Å². The van der Waals surface area contributed by atoms with Gasteiger partial charge >= 0.3 is 0 Å². The summed E-state index contributed by atoms with van der Waals surface area (Å²) >= 11 is 0. The summed E-state index contributed by atoms with van der Waals surface area (Å²) in [5, 5.41) is 12.0. The van der Waals surface area contributed by atoms with Gasteiger partial charge in [0, 0.05) is 25.1 Å². The van der Waals surface area contributed by atoms with Crippen molar-refractivity contribution in [3.63, 3.8) is 0 Å². The van der Waals surface area contributed by atoms with E-state index in [2.05, 4.69) is 20.8 Å². The van der Waals surface area contributed by atoms with E-state index in [4.69, 9.17) is 5.73 Å². The number of nitrogens with two attached hydrogens (primary N) is 1. The summed E-state index contributed by atoms with van der Waals surface area (Å²) in [4.78, 5) is 51.7. The predicted molar refractivity (Wildman–Crippen MR) is 126 cm³/mol. The van der Waals surface area contributed by atoms with Crippen LogP contribution in [0.5, 0.6) is 0 Å². The first kappa shape index (κ1) is 24.9. The number of nitrogens with zero attached hydrogens (tertiary/aromatic N) is 2. The number of amides is 4. The molecule has 0 bridgehead atoms. The minimum absolute atomic E-state index is 0.0471. The van der Waals surface area contributed by atoms with E-state index in [0.29, 0.717) is 6.42 Å². The molecule has 0 unspecified atom stereocenters. The average Bonchev–Trinajstić information content (AvgIpc) is 3.47. The van der Waals surface area contributed by atoms with E-state index in [1.54, 1.807) is 4.90 Å². The van der Waals surface area contributed by atoms with Gasteiger partial charge in [-0.2, -0.15) is 5.10 Å². The smallest absolute Gasteiger partial charge is 0.269 e. The Balaban J connectivity index is 1.72. The Morgan fingerprint density at radius 1 is 1.21 bits per heavy atom. The minimum atomic E-state index is -0.748. The maximum atomic E-state index is 13.2. The fourth-order valence-electron chi connectivity index (χ4n) is 3.99. The Kier molecular flexibility index (Phi) is 8.04. The molecule has 4 amide bonds. The number of hydrogen-bond donors (Lipinski definition) is 4. The van der Waals surface area contributed by atoms with Crippen molar-refractivity contribution in [1.29, 1.82) is 0 Å². The van der Waals surface area contributed by atoms with Gasteiger partial charge in [0.25, 0.3) is 11.8 Å². The topological polar surface area (TPSA) is 150 Å². The number of H-pyrrole nitrogens is 1. The fourth-order valence-corrected chi connectivity index (χ4v) is 3.99. The van der Waals surface area contributed by atoms with Crippen molar-refractivity contribution >= 4 is 23.6 Å². The number of likely N-dealkylation sites (tertiary alicyclic amines) is 1. The lowest BCUT2D eigenvalue weighted by Gasteiger charge is -2.26. The van der Waals surface area contributed by atoms with Gasteiger partial charge in [-0.15, -0.1) is 0 Å². The molecule has 5 N–H and O–H groups in total. The molecule has 2 heterocycles. The van der Waals surface area contributed by atoms with E-state index in [-0.39, 0.29) is 48.1 Å². The van der Waals surface area contributed by atoms with Gasteiger partial charge in [0.1, 0.15) is 11.7 Å². The molecular weight excluding hydrogens is 436 g/mol. The predicted octanol–water partition coefficient (Wildman–Crippen LogP) is 1.52. The van der Waals surface area contributed by atoms with Crippen LogP contribution in [0.4, 0.5) is 0 Å². The van der Waals surface area contributed by atoms with Crippen LogP contribution in [0.1, 0.15) is 72.6 Å². The van der Waals surface area contributed by atoms with E-state index in [9.17, 15) is 19.2 Å². The first-order valence-corrected chi connectivity index (χ1v) is 11.5. The second kappa shape index (κ2) is 11.0. The molecule has 1 aliphatic rings. The second-order valence-corrected chi connectivity index (χ2v) is 8.86. The van der Waals surface area contributed by atoms with Gasteiger partial charge in [-0.25, -0.2) is 0 Å². The highest BCUT2D eigenvalue weighted by atomic mass is 16.2. The lowest BCUT2D eigenvalue weighted by atomic mass is 10.0. The molecule has 4 atom stereocenters. The molecule has 2 aromatic rings. The maximum absolute atomic E-state index is 13.2. The van der Waals surface area contributed by atoms with E-state index in [1.165, 1.54) is 6.07 Å². The molecule has 10 heteroatoms. The number of aromatic amines is 1. The number of aromatic nitrogens is 2. The zero-order valence-electron chi connectivity index (χ0n) is 19.7. The van der Waals surface area contributed by atoms with E-state index >= 15 is 0 Å². The Labute approximate surface area is 198 Å². The van der Waals surface area contributed by atoms with Crippen LogP contribution in [-0.2, 0) is 9.59 Å². The largest absolute Gasteiger partial charge is 0.364 e. The third-order valence-electron chi connectivity index (χ3n) is 6.21. The first-order chi connectivity index (χ1) is 16.2. The molecule has 182 valence electrons. The summed E-state index contributed by atoms with van der Waals surface area (Å²) in [6.45, 7) is 6.12. The van der Waals surface area contributed by atoms with Crippen molar-refractivity contribution < 1.29 is 19.2 Å². The van der Waals surface area contributed by atoms with Crippen molar-refractivity contribution in [2.24, 2.45) is 11.7 Å². The Morgan fingerprint density at radius 2 is 1.91 bits per heavy atom. The third-order valence-corrected chi connectivity index (χ3v) is 6.21. The molecule has 0 spiro atoms. The molecule has 1 aromatic carbocycles. The number of rotatable bonds is 9. The monoisotopic (exact) mass is 468 g/mol. The molecule has 1 saturated heterocycles. The highest BCUT2D eigenvalue weighted by Gasteiger charge is 2.40. The molecule has 1 aliphatic heterocycles. The second-order valence-electron chi connectivity index (χ2n) is 8.86. The van der Waals surface area contributed by atoms with Gasteiger partial charge in [0.2, 0.25) is 11.8 Å². The van der Waals surface area contributed by atoms with Crippen LogP contribution < -0.4 is 16.4 Å². The average molecular weight is 469 g/mol. The van der Waals surface area contributed by atoms with Crippen molar-refractivity contribution in [2.45, 2.75) is 58.2 Å². The van der Waals surface area contributed by atoms with E-state index in [1.807, 2.05) is 51.1 Å². The lowest BCUT2D eigenvalue weighted by molar-refractivity contribution is -0.139. The summed E-state index contributed by atoms with van der Waals surface area (Å²) in [7, 11) is 0. The molecule has 3 rings (SSSR count). The number of carbonyl (C=O) groups excluding carboxylic acids is 4. The van der Waals surface area contributed by atoms with Crippen LogP contribution in [-0.4, -0.2) is 57.4 Å². The summed E-state index contributed by atoms with van der Waals surface area (Å²) in [6, 6.07) is 9.48. The molecule has 0 radical (unpaired) electrons. The number of benzene rings is 1. The third kappa shape index (κ3) is 6.00. The van der Waals surface area contributed by atoms with Crippen LogP contribution in [0.3, 0.4) is 0 Å². The Bertz CT molecular complexity index is 1040. The van der Waals surface area contributed by atoms with Crippen LogP contribution >= 0.6 is 0 Å². The molecular formula is C24H32N6O4. The van der Waals surface area contributed by atoms with Gasteiger partial charge < -0.3 is 21.3 Å². The van der Waals surface area contributed by atoms with Crippen molar-refractivity contribution in [1.82, 2.24) is 25.7 Å². The van der Waals surface area contributed by atoms with Crippen LogP contribution in [0.2, 0.25) is 0 Å². The Morgan fingerprint density at radius 3 is 2.53 bits per heavy atom. The minimum Gasteiger partial charge on any atom is -0.364 e. The molecule has 1 aromatic heterocycles. The van der Waals surface area contributed by atoms with Gasteiger partial charge in [-0.3, -0.25) is 24.3 Å². The molecule has 0 aliphatic carbocycles. The Hall–Kier alpha value is -3.69. The van der Waals surface area contributed by atoms with Crippen LogP contribution in [0, 0.1) is 5.92 Å². The number of nitrogens with one attached hydrogen (secondary N) is 3. The van der Waals surface area contributed by atoms with E-state index in [0.717, 1.165) is 12.0 Å². The molecule has 1 fully saturated rings. The van der Waals surface area contributed by atoms with Gasteiger partial charge in [-0.05, 0) is 24.8 Å². The lowest BCUT2D eigenvalue weighted by Crippen LogP contribution is -2.46. The van der Waals surface area contributed by atoms with Gasteiger partial charge in [-0.1, -0.05) is 50.6 Å². The summed E-state index contributed by atoms with van der Waals surface area (Å²) in [5.41, 5.74) is 6.18. The summed E-state index contributed by atoms with van der Waals surface area (Å²) in [6.07, 6.45) is 1.46. The summed E-state index contributed by atoms with van der Waals surface area (Å²) in [5.74, 6) is -1.43. The molecule has 10 nitrogen and oxygen atoms in total. The van der Waals surface area contributed by atoms with Crippen LogP contribution in [0.25, 0.3) is 0 Å². The SMILES string of the molecule is CC[C@@H](C)CC(=O)N1C[C@@H](NC(=O)c2cc(C(N)=O)n[nH]2)C[C@H]1C(=O)N[C@H](C)c1ccccc1. The first-order valence-electron chi connectivity index (χ1n) is 11.5. The highest BCUT2D eigenvalue weighted by Crippen LogP contribution is 2.23. The number of carbonyl (C=O) groups is 4. The molecule has 0 saturated carbocycles. The zero-order chi connectivity index (χ0) is 24.8. The number of hydrogen-bond acceptors (Lipinski definition) is 5. The van der Waals surface area contributed by atoms with Crippen molar-refractivity contribution in [2.75, 3.05) is 6.54 Å². The molecule has 34 heavy (non-hydrogen) atoms. The quantitative estimate of drug-likeness (QED) is 0.440. The normalized spacial score (nSPS) is 19.3. The number of primary amides is 1. The maximum Gasteiger partial charge on any atom is 0.269 e. The highest BCUT2D eigenvalue weighted by molar-refractivity contribution is 5.97. The zero-order valence-corrected chi connectivity index (χ0v) is 19.7. The summed E-state index contributed by atoms with van der Waals surface area (Å²) < 4.78 is 0. The van der Waals surface area contributed by atoms with Gasteiger partial charge in [0.05, 0.1) is 6.04 Å². The van der Waals surface area contributed by atoms with E-state index < -0.39 is 23.9 Å². The van der Waals surface area contributed by atoms with Gasteiger partial charge in [0.15, 0.2) is 5.69 Å². The standard InChI is InChI=1S/C24H32N6O4/c1-4-14(2)10-21(31)30-13-17(27-23(33)19-12-18(22(25)32)28-29-19)11-20(30)24(34)26-15(3)16-8-6-5-7-9-16/h5-9,12,14-15,17,20H,4,10-11,13H2,1-3H3,(H2,25,32)(H,26,34)(H,27,33)(H,28,29)/t14-,15-,17+,20+/m1/s1. The van der Waals surface area contributed by atoms with Crippen molar-refractivity contribution in [3.05, 3.63) is 53.3 Å².